The molecular formula is C6H12NO-. The zero-order valence-electron chi connectivity index (χ0n) is 5.26. The zero-order chi connectivity index (χ0) is 5.98. The Bertz CT molecular complexity index is 66.9. The van der Waals surface area contributed by atoms with Crippen LogP contribution in [-0.4, -0.2) is 30.7 Å². The normalized spacial score (nSPS) is 33.0. The smallest absolute Gasteiger partial charge is 0.0650 e. The molecule has 0 aliphatic carbocycles. The van der Waals surface area contributed by atoms with E-state index in [1.165, 1.54) is 0 Å². The SMILES string of the molecule is [CH2-]N1CCO[C@H](C)C1. The monoisotopic (exact) mass is 114 g/mol. The maximum atomic E-state index is 5.27. The number of rotatable bonds is 0. The van der Waals surface area contributed by atoms with Gasteiger partial charge in [0.2, 0.25) is 0 Å². The second kappa shape index (κ2) is 2.46. The van der Waals surface area contributed by atoms with Crippen LogP contribution in [-0.2, 0) is 4.74 Å². The highest BCUT2D eigenvalue weighted by atomic mass is 16.5. The molecule has 1 heterocycles. The van der Waals surface area contributed by atoms with Crippen molar-refractivity contribution in [3.05, 3.63) is 7.05 Å². The first kappa shape index (κ1) is 6.05. The zero-order valence-corrected chi connectivity index (χ0v) is 5.26. The van der Waals surface area contributed by atoms with E-state index in [-0.39, 0.29) is 0 Å². The van der Waals surface area contributed by atoms with Gasteiger partial charge in [0.15, 0.2) is 0 Å². The van der Waals surface area contributed by atoms with Crippen LogP contribution in [0.15, 0.2) is 0 Å². The summed E-state index contributed by atoms with van der Waals surface area (Å²) in [5.41, 5.74) is 0. The second-order valence-electron chi connectivity index (χ2n) is 2.26. The first-order valence-electron chi connectivity index (χ1n) is 2.96. The third-order valence-electron chi connectivity index (χ3n) is 1.33. The molecule has 0 aromatic rings. The minimum atomic E-state index is 0.376. The first-order valence-corrected chi connectivity index (χ1v) is 2.96. The van der Waals surface area contributed by atoms with Crippen molar-refractivity contribution in [2.24, 2.45) is 0 Å². The Morgan fingerprint density at radius 3 is 2.88 bits per heavy atom. The van der Waals surface area contributed by atoms with E-state index in [9.17, 15) is 0 Å². The number of hydrogen-bond acceptors (Lipinski definition) is 2. The third-order valence-corrected chi connectivity index (χ3v) is 1.33. The van der Waals surface area contributed by atoms with Gasteiger partial charge in [-0.05, 0) is 20.0 Å². The topological polar surface area (TPSA) is 12.5 Å². The molecule has 0 radical (unpaired) electrons. The predicted octanol–water partition coefficient (Wildman–Crippen LogP) is 0.499. The van der Waals surface area contributed by atoms with Gasteiger partial charge in [0, 0.05) is 0 Å². The fraction of sp³-hybridized carbons (Fsp3) is 0.833. The maximum absolute atomic E-state index is 5.27. The molecule has 2 heteroatoms. The van der Waals surface area contributed by atoms with Crippen molar-refractivity contribution in [1.29, 1.82) is 0 Å². The van der Waals surface area contributed by atoms with Crippen LogP contribution in [0.1, 0.15) is 6.92 Å². The van der Waals surface area contributed by atoms with Crippen LogP contribution in [0.2, 0.25) is 0 Å². The van der Waals surface area contributed by atoms with Gasteiger partial charge in [0.05, 0.1) is 12.7 Å². The van der Waals surface area contributed by atoms with Crippen LogP contribution >= 0.6 is 0 Å². The Labute approximate surface area is 50.4 Å². The van der Waals surface area contributed by atoms with Gasteiger partial charge < -0.3 is 9.64 Å². The third kappa shape index (κ3) is 1.46. The minimum absolute atomic E-state index is 0.376. The Hall–Kier alpha value is -0.0800. The molecule has 8 heavy (non-hydrogen) atoms. The summed E-state index contributed by atoms with van der Waals surface area (Å²) in [7, 11) is 3.80. The van der Waals surface area contributed by atoms with E-state index in [1.807, 2.05) is 4.90 Å². The van der Waals surface area contributed by atoms with Crippen molar-refractivity contribution in [3.63, 3.8) is 0 Å². The van der Waals surface area contributed by atoms with Gasteiger partial charge in [-0.3, -0.25) is 7.05 Å². The van der Waals surface area contributed by atoms with Crippen molar-refractivity contribution >= 4 is 0 Å². The fourth-order valence-electron chi connectivity index (χ4n) is 0.891. The van der Waals surface area contributed by atoms with E-state index in [0.29, 0.717) is 6.10 Å². The van der Waals surface area contributed by atoms with E-state index in [1.54, 1.807) is 0 Å². The molecule has 1 aliphatic heterocycles. The Morgan fingerprint density at radius 2 is 2.50 bits per heavy atom. The Kier molecular flexibility index (Phi) is 1.86. The molecular weight excluding hydrogens is 102 g/mol. The molecule has 0 spiro atoms. The summed E-state index contributed by atoms with van der Waals surface area (Å²) in [6, 6.07) is 0. The van der Waals surface area contributed by atoms with Crippen LogP contribution in [0.5, 0.6) is 0 Å². The predicted molar refractivity (Wildman–Crippen MR) is 32.3 cm³/mol. The highest BCUT2D eigenvalue weighted by Crippen LogP contribution is 2.00. The van der Waals surface area contributed by atoms with Gasteiger partial charge in [-0.2, -0.15) is 0 Å². The number of morpholine rings is 1. The summed E-state index contributed by atoms with van der Waals surface area (Å²) in [5.74, 6) is 0. The first-order chi connectivity index (χ1) is 3.79. The molecule has 48 valence electrons. The summed E-state index contributed by atoms with van der Waals surface area (Å²) >= 11 is 0. The van der Waals surface area contributed by atoms with Crippen LogP contribution < -0.4 is 0 Å². The molecule has 0 N–H and O–H groups in total. The molecule has 2 nitrogen and oxygen atoms in total. The van der Waals surface area contributed by atoms with E-state index >= 15 is 0 Å². The average molecular weight is 114 g/mol. The van der Waals surface area contributed by atoms with Gasteiger partial charge in [0.25, 0.3) is 0 Å². The quantitative estimate of drug-likeness (QED) is 0.425. The maximum Gasteiger partial charge on any atom is 0.0650 e. The largest absolute Gasteiger partial charge is 0.455 e. The lowest BCUT2D eigenvalue weighted by Crippen LogP contribution is -2.36. The summed E-state index contributed by atoms with van der Waals surface area (Å²) in [6.45, 7) is 4.85. The van der Waals surface area contributed by atoms with E-state index in [0.717, 1.165) is 19.7 Å². The Balaban J connectivity index is 2.23. The molecule has 0 saturated carbocycles. The van der Waals surface area contributed by atoms with E-state index < -0.39 is 0 Å². The fourth-order valence-corrected chi connectivity index (χ4v) is 0.891. The summed E-state index contributed by atoms with van der Waals surface area (Å²) < 4.78 is 5.27. The van der Waals surface area contributed by atoms with Crippen LogP contribution in [0, 0.1) is 7.05 Å². The standard InChI is InChI=1S/C6H12NO/c1-6-5-7(2)3-4-8-6/h6H,2-5H2,1H3/q-1/t6-/m1/s1. The lowest BCUT2D eigenvalue weighted by atomic mass is 10.3. The molecule has 0 amide bonds. The van der Waals surface area contributed by atoms with Crippen LogP contribution in [0.25, 0.3) is 0 Å². The van der Waals surface area contributed by atoms with Gasteiger partial charge >= 0.3 is 0 Å². The molecule has 0 bridgehead atoms. The highest BCUT2D eigenvalue weighted by Gasteiger charge is 2.07. The molecule has 0 aromatic carbocycles. The lowest BCUT2D eigenvalue weighted by molar-refractivity contribution is -0.00242. The van der Waals surface area contributed by atoms with E-state index in [4.69, 9.17) is 4.74 Å². The highest BCUT2D eigenvalue weighted by molar-refractivity contribution is 4.65. The van der Waals surface area contributed by atoms with Crippen molar-refractivity contribution in [3.8, 4) is 0 Å². The van der Waals surface area contributed by atoms with Crippen molar-refractivity contribution in [2.45, 2.75) is 13.0 Å². The summed E-state index contributed by atoms with van der Waals surface area (Å²) in [4.78, 5) is 2.04. The summed E-state index contributed by atoms with van der Waals surface area (Å²) in [5, 5.41) is 0. The van der Waals surface area contributed by atoms with Crippen molar-refractivity contribution in [1.82, 2.24) is 4.90 Å². The molecule has 1 fully saturated rings. The molecule has 0 unspecified atom stereocenters. The molecule has 0 aromatic heterocycles. The minimum Gasteiger partial charge on any atom is -0.455 e. The molecule has 1 rings (SSSR count). The average Bonchev–Trinajstić information content (AvgIpc) is 1.64. The van der Waals surface area contributed by atoms with Gasteiger partial charge in [0.1, 0.15) is 0 Å². The van der Waals surface area contributed by atoms with Crippen LogP contribution in [0.3, 0.4) is 0 Å². The van der Waals surface area contributed by atoms with Gasteiger partial charge in [-0.15, -0.1) is 0 Å². The van der Waals surface area contributed by atoms with Crippen molar-refractivity contribution in [2.75, 3.05) is 19.7 Å². The van der Waals surface area contributed by atoms with Crippen LogP contribution in [0.4, 0.5) is 0 Å². The molecule has 1 atom stereocenters. The van der Waals surface area contributed by atoms with E-state index in [2.05, 4.69) is 14.0 Å². The second-order valence-corrected chi connectivity index (χ2v) is 2.26. The number of nitrogens with zero attached hydrogens (tertiary/aromatic N) is 1. The van der Waals surface area contributed by atoms with Gasteiger partial charge in [-0.25, -0.2) is 0 Å². The number of hydrogen-bond donors (Lipinski definition) is 0. The van der Waals surface area contributed by atoms with Gasteiger partial charge in [-0.1, -0.05) is 0 Å². The summed E-state index contributed by atoms with van der Waals surface area (Å²) in [6.07, 6.45) is 0.376. The van der Waals surface area contributed by atoms with Crippen molar-refractivity contribution < 1.29 is 4.74 Å². The molecule has 1 saturated heterocycles. The lowest BCUT2D eigenvalue weighted by Gasteiger charge is -2.33. The molecule has 1 aliphatic rings. The Morgan fingerprint density at radius 1 is 1.75 bits per heavy atom. The number of ether oxygens (including phenoxy) is 1.